The highest BCUT2D eigenvalue weighted by Crippen LogP contribution is 2.41. The summed E-state index contributed by atoms with van der Waals surface area (Å²) >= 11 is 0. The van der Waals surface area contributed by atoms with Crippen molar-refractivity contribution < 1.29 is 0 Å². The van der Waals surface area contributed by atoms with Crippen LogP contribution in [0.2, 0.25) is 0 Å². The summed E-state index contributed by atoms with van der Waals surface area (Å²) in [6.07, 6.45) is 0. The van der Waals surface area contributed by atoms with Gasteiger partial charge in [0.15, 0.2) is 0 Å². The van der Waals surface area contributed by atoms with Crippen LogP contribution in [0.5, 0.6) is 0 Å². The van der Waals surface area contributed by atoms with Crippen molar-refractivity contribution in [1.29, 1.82) is 0 Å². The molecule has 4 heterocycles. The Kier molecular flexibility index (Phi) is 7.11. The minimum atomic E-state index is 1.15. The molecule has 0 aliphatic heterocycles. The normalized spacial score (nSPS) is 12.1. The molecular weight excluding hydrogens is 763 g/mol. The quantitative estimate of drug-likeness (QED) is 0.165. The molecule has 3 nitrogen and oxygen atoms in total. The summed E-state index contributed by atoms with van der Waals surface area (Å²) in [7, 11) is 0. The molecule has 14 aromatic rings. The van der Waals surface area contributed by atoms with E-state index in [0.717, 1.165) is 5.69 Å². The second-order valence-corrected chi connectivity index (χ2v) is 16.9. The molecule has 0 spiro atoms. The van der Waals surface area contributed by atoms with Crippen molar-refractivity contribution >= 4 is 81.7 Å². The molecule has 0 fully saturated rings. The molecule has 0 N–H and O–H groups in total. The molecule has 0 radical (unpaired) electrons. The van der Waals surface area contributed by atoms with Crippen LogP contribution in [0.25, 0.3) is 126 Å². The number of aromatic nitrogens is 3. The number of rotatable bonds is 5. The minimum Gasteiger partial charge on any atom is -0.309 e. The van der Waals surface area contributed by atoms with Gasteiger partial charge < -0.3 is 13.5 Å². The fourth-order valence-electron chi connectivity index (χ4n) is 10.7. The maximum atomic E-state index is 2.46. The zero-order chi connectivity index (χ0) is 41.2. The lowest BCUT2D eigenvalue weighted by Crippen LogP contribution is -1.93. The van der Waals surface area contributed by atoms with Gasteiger partial charge in [-0.3, -0.25) is 0 Å². The van der Waals surface area contributed by atoms with Crippen LogP contribution in [0.3, 0.4) is 0 Å². The number of benzene rings is 10. The van der Waals surface area contributed by atoms with E-state index in [4.69, 9.17) is 0 Å². The Morgan fingerprint density at radius 3 is 1.16 bits per heavy atom. The van der Waals surface area contributed by atoms with E-state index < -0.39 is 0 Å². The highest BCUT2D eigenvalue weighted by atomic mass is 15.0. The maximum Gasteiger partial charge on any atom is 0.0620 e. The number of fused-ring (bicyclic) bond motifs is 12. The van der Waals surface area contributed by atoms with Crippen LogP contribution in [0.15, 0.2) is 224 Å². The summed E-state index contributed by atoms with van der Waals surface area (Å²) in [5.74, 6) is 0. The van der Waals surface area contributed by atoms with E-state index in [-0.39, 0.29) is 0 Å². The van der Waals surface area contributed by atoms with Crippen molar-refractivity contribution in [3.05, 3.63) is 224 Å². The third-order valence-corrected chi connectivity index (χ3v) is 13.6. The average molecular weight is 800 g/mol. The second kappa shape index (κ2) is 13.1. The number of nitrogens with zero attached hydrogens (tertiary/aromatic N) is 3. The Hall–Kier alpha value is -8.40. The molecule has 3 heteroatoms. The summed E-state index contributed by atoms with van der Waals surface area (Å²) in [5, 5.41) is 10.3. The van der Waals surface area contributed by atoms with E-state index >= 15 is 0 Å². The van der Waals surface area contributed by atoms with Crippen LogP contribution in [0, 0.1) is 0 Å². The molecule has 4 aromatic heterocycles. The molecule has 0 saturated carbocycles. The zero-order valence-electron chi connectivity index (χ0n) is 34.2. The lowest BCUT2D eigenvalue weighted by molar-refractivity contribution is 1.18. The number of hydrogen-bond donors (Lipinski definition) is 0. The Morgan fingerprint density at radius 1 is 0.206 bits per heavy atom. The van der Waals surface area contributed by atoms with Crippen molar-refractivity contribution in [2.24, 2.45) is 0 Å². The second-order valence-electron chi connectivity index (χ2n) is 16.9. The van der Waals surface area contributed by atoms with Crippen molar-refractivity contribution in [3.63, 3.8) is 0 Å². The van der Waals surface area contributed by atoms with Gasteiger partial charge in [0, 0.05) is 54.5 Å². The molecule has 10 aromatic carbocycles. The first-order chi connectivity index (χ1) is 31.2. The third-order valence-electron chi connectivity index (χ3n) is 13.6. The van der Waals surface area contributed by atoms with Crippen molar-refractivity contribution in [1.82, 2.24) is 13.5 Å². The monoisotopic (exact) mass is 799 g/mol. The minimum absolute atomic E-state index is 1.15. The van der Waals surface area contributed by atoms with Gasteiger partial charge >= 0.3 is 0 Å². The number of hydrogen-bond acceptors (Lipinski definition) is 0. The lowest BCUT2D eigenvalue weighted by Gasteiger charge is -2.10. The highest BCUT2D eigenvalue weighted by molar-refractivity contribution is 6.23. The summed E-state index contributed by atoms with van der Waals surface area (Å²) in [6.45, 7) is 0. The SMILES string of the molecule is c1ccc(-n2c3ccccc3c3cc(-c4ccc(-c5ccc6c(c5)c5ccccc5n6-c5ccc(-c6ccc7c8cccc9c%10ccccc%10n(c7c6)c98)cc5)cc4)ccc32)cc1. The molecule has 0 saturated heterocycles. The molecule has 0 unspecified atom stereocenters. The van der Waals surface area contributed by atoms with Crippen molar-refractivity contribution in [2.45, 2.75) is 0 Å². The fraction of sp³-hybridized carbons (Fsp3) is 0. The molecule has 0 aliphatic rings. The van der Waals surface area contributed by atoms with Crippen LogP contribution in [-0.4, -0.2) is 13.5 Å². The molecule has 0 aliphatic carbocycles. The lowest BCUT2D eigenvalue weighted by atomic mass is 9.98. The molecule has 0 atom stereocenters. The molecule has 14 rings (SSSR count). The summed E-state index contributed by atoms with van der Waals surface area (Å²) < 4.78 is 7.24. The number of para-hydroxylation sites is 5. The summed E-state index contributed by atoms with van der Waals surface area (Å²) in [4.78, 5) is 0. The van der Waals surface area contributed by atoms with Gasteiger partial charge in [0.25, 0.3) is 0 Å². The topological polar surface area (TPSA) is 14.3 Å². The van der Waals surface area contributed by atoms with Gasteiger partial charge in [0.1, 0.15) is 0 Å². The zero-order valence-corrected chi connectivity index (χ0v) is 34.2. The van der Waals surface area contributed by atoms with Gasteiger partial charge in [-0.25, -0.2) is 0 Å². The van der Waals surface area contributed by atoms with Gasteiger partial charge in [-0.1, -0.05) is 152 Å². The predicted molar refractivity (Wildman–Crippen MR) is 266 cm³/mol. The summed E-state index contributed by atoms with van der Waals surface area (Å²) in [6, 6.07) is 82.6. The first-order valence-corrected chi connectivity index (χ1v) is 21.8. The predicted octanol–water partition coefficient (Wildman–Crippen LogP) is 16.0. The van der Waals surface area contributed by atoms with E-state index in [0.29, 0.717) is 0 Å². The van der Waals surface area contributed by atoms with Crippen molar-refractivity contribution in [3.8, 4) is 44.8 Å². The van der Waals surface area contributed by atoms with Crippen LogP contribution in [-0.2, 0) is 0 Å². The smallest absolute Gasteiger partial charge is 0.0620 e. The molecule has 0 amide bonds. The van der Waals surface area contributed by atoms with Gasteiger partial charge in [0.2, 0.25) is 0 Å². The van der Waals surface area contributed by atoms with Crippen LogP contribution in [0.1, 0.15) is 0 Å². The first kappa shape index (κ1) is 34.3. The van der Waals surface area contributed by atoms with Crippen LogP contribution >= 0.6 is 0 Å². The van der Waals surface area contributed by atoms with Crippen LogP contribution in [0.4, 0.5) is 0 Å². The largest absolute Gasteiger partial charge is 0.309 e. The molecule has 0 bridgehead atoms. The first-order valence-electron chi connectivity index (χ1n) is 21.8. The van der Waals surface area contributed by atoms with E-state index in [9.17, 15) is 0 Å². The van der Waals surface area contributed by atoms with Gasteiger partial charge in [0.05, 0.1) is 38.6 Å². The van der Waals surface area contributed by atoms with E-state index in [1.54, 1.807) is 0 Å². The van der Waals surface area contributed by atoms with E-state index in [2.05, 4.69) is 238 Å². The maximum absolute atomic E-state index is 2.46. The Morgan fingerprint density at radius 2 is 0.587 bits per heavy atom. The molecule has 292 valence electrons. The average Bonchev–Trinajstić information content (AvgIpc) is 4.08. The van der Waals surface area contributed by atoms with E-state index in [1.165, 1.54) is 121 Å². The Bertz CT molecular complexity index is 4110. The van der Waals surface area contributed by atoms with Gasteiger partial charge in [-0.15, -0.1) is 0 Å². The molecular formula is C60H37N3. The third kappa shape index (κ3) is 4.96. The van der Waals surface area contributed by atoms with Gasteiger partial charge in [-0.05, 0) is 106 Å². The Labute approximate surface area is 362 Å². The van der Waals surface area contributed by atoms with Gasteiger partial charge in [-0.2, -0.15) is 0 Å². The fourth-order valence-corrected chi connectivity index (χ4v) is 10.7. The van der Waals surface area contributed by atoms with Crippen LogP contribution < -0.4 is 0 Å². The summed E-state index contributed by atoms with van der Waals surface area (Å²) in [5.41, 5.74) is 18.2. The van der Waals surface area contributed by atoms with Crippen molar-refractivity contribution in [2.75, 3.05) is 0 Å². The van der Waals surface area contributed by atoms with E-state index in [1.807, 2.05) is 0 Å². The Balaban J connectivity index is 0.813. The standard InChI is InChI=1S/C60H37N3/c1-2-11-44(12-3-1)61-54-18-7-5-14-47(54)52-35-41(28-33-57(52)61)38-21-23-39(24-22-38)42-29-34-58-53(36-42)48-15-6-8-19-55(48)62(58)45-30-25-40(26-31-45)43-27-32-49-51-17-10-16-50-46-13-4-9-20-56(46)63(60(50)51)59(49)37-43/h1-37H. The highest BCUT2D eigenvalue weighted by Gasteiger charge is 2.19. The molecule has 63 heavy (non-hydrogen) atoms.